The average Bonchev–Trinajstić information content (AvgIpc) is 2.35. The first kappa shape index (κ1) is 14.1. The smallest absolute Gasteiger partial charge is 0.0318 e. The van der Waals surface area contributed by atoms with Crippen LogP contribution in [0.25, 0.3) is 0 Å². The van der Waals surface area contributed by atoms with Gasteiger partial charge in [0.15, 0.2) is 0 Å². The summed E-state index contributed by atoms with van der Waals surface area (Å²) in [6.45, 7) is 0.887. The summed E-state index contributed by atoms with van der Waals surface area (Å²) in [6, 6.07) is 14.7. The van der Waals surface area contributed by atoms with Crippen molar-refractivity contribution in [3.8, 4) is 0 Å². The Morgan fingerprint density at radius 2 is 1.72 bits per heavy atom. The van der Waals surface area contributed by atoms with Crippen LogP contribution < -0.4 is 5.32 Å². The first-order valence-corrected chi connectivity index (χ1v) is 7.96. The summed E-state index contributed by atoms with van der Waals surface area (Å²) in [6.07, 6.45) is 0. The van der Waals surface area contributed by atoms with Gasteiger partial charge in [-0.15, -0.1) is 0 Å². The molecule has 2 aromatic rings. The fourth-order valence-corrected chi connectivity index (χ4v) is 3.63. The minimum absolute atomic E-state index is 0.887. The van der Waals surface area contributed by atoms with Gasteiger partial charge in [0.2, 0.25) is 0 Å². The summed E-state index contributed by atoms with van der Waals surface area (Å²) in [7, 11) is 1.96. The van der Waals surface area contributed by atoms with Gasteiger partial charge < -0.3 is 5.32 Å². The number of nitrogens with one attached hydrogen (secondary N) is 1. The lowest BCUT2D eigenvalue weighted by atomic mass is 10.2. The highest BCUT2D eigenvalue weighted by atomic mass is 79.9. The average molecular weight is 387 g/mol. The number of rotatable bonds is 4. The Bertz CT molecular complexity index is 543. The molecule has 0 spiro atoms. The summed E-state index contributed by atoms with van der Waals surface area (Å²) in [5.74, 6) is 0. The van der Waals surface area contributed by atoms with Crippen molar-refractivity contribution in [2.24, 2.45) is 0 Å². The summed E-state index contributed by atoms with van der Waals surface area (Å²) in [4.78, 5) is 2.45. The maximum absolute atomic E-state index is 3.64. The Morgan fingerprint density at radius 3 is 2.39 bits per heavy atom. The standard InChI is InChI=1S/C14H13Br2NS/c1-17-9-10-6-7-14(12(16)8-10)18-13-5-3-2-4-11(13)15/h2-8,17H,9H2,1H3. The molecule has 1 N–H and O–H groups in total. The number of hydrogen-bond acceptors (Lipinski definition) is 2. The highest BCUT2D eigenvalue weighted by molar-refractivity contribution is 9.11. The van der Waals surface area contributed by atoms with Gasteiger partial charge in [-0.2, -0.15) is 0 Å². The number of hydrogen-bond donors (Lipinski definition) is 1. The molecule has 0 unspecified atom stereocenters. The minimum atomic E-state index is 0.887. The van der Waals surface area contributed by atoms with Crippen molar-refractivity contribution in [2.75, 3.05) is 7.05 Å². The second kappa shape index (κ2) is 6.75. The molecule has 0 atom stereocenters. The maximum atomic E-state index is 3.64. The van der Waals surface area contributed by atoms with Gasteiger partial charge in [-0.25, -0.2) is 0 Å². The normalized spacial score (nSPS) is 10.6. The third kappa shape index (κ3) is 3.60. The second-order valence-corrected chi connectivity index (χ2v) is 6.62. The van der Waals surface area contributed by atoms with Crippen molar-refractivity contribution < 1.29 is 0 Å². The van der Waals surface area contributed by atoms with Gasteiger partial charge in [-0.05, 0) is 68.7 Å². The highest BCUT2D eigenvalue weighted by Crippen LogP contribution is 2.37. The van der Waals surface area contributed by atoms with E-state index in [4.69, 9.17) is 0 Å². The molecule has 0 aromatic heterocycles. The largest absolute Gasteiger partial charge is 0.316 e. The van der Waals surface area contributed by atoms with Gasteiger partial charge in [0.25, 0.3) is 0 Å². The predicted octanol–water partition coefficient (Wildman–Crippen LogP) is 5.08. The van der Waals surface area contributed by atoms with Crippen LogP contribution in [0.5, 0.6) is 0 Å². The third-order valence-corrected chi connectivity index (χ3v) is 5.46. The zero-order chi connectivity index (χ0) is 13.0. The topological polar surface area (TPSA) is 12.0 Å². The van der Waals surface area contributed by atoms with E-state index in [1.807, 2.05) is 13.1 Å². The van der Waals surface area contributed by atoms with Crippen molar-refractivity contribution in [3.63, 3.8) is 0 Å². The Morgan fingerprint density at radius 1 is 1.00 bits per heavy atom. The van der Waals surface area contributed by atoms with Crippen LogP contribution >= 0.6 is 43.6 Å². The summed E-state index contributed by atoms with van der Waals surface area (Å²) >= 11 is 8.96. The molecule has 2 rings (SSSR count). The predicted molar refractivity (Wildman–Crippen MR) is 85.2 cm³/mol. The van der Waals surface area contributed by atoms with Crippen LogP contribution in [0.15, 0.2) is 61.2 Å². The summed E-state index contributed by atoms with van der Waals surface area (Å²) in [5.41, 5.74) is 1.28. The third-order valence-electron chi connectivity index (χ3n) is 2.43. The van der Waals surface area contributed by atoms with E-state index in [0.29, 0.717) is 0 Å². The van der Waals surface area contributed by atoms with E-state index in [1.54, 1.807) is 11.8 Å². The van der Waals surface area contributed by atoms with Crippen molar-refractivity contribution in [2.45, 2.75) is 16.3 Å². The number of benzene rings is 2. The lowest BCUT2D eigenvalue weighted by Crippen LogP contribution is -2.04. The van der Waals surface area contributed by atoms with Crippen LogP contribution in [0, 0.1) is 0 Å². The molecule has 0 radical (unpaired) electrons. The fourth-order valence-electron chi connectivity index (χ4n) is 1.59. The number of halogens is 2. The van der Waals surface area contributed by atoms with E-state index in [0.717, 1.165) is 15.5 Å². The molecule has 0 heterocycles. The van der Waals surface area contributed by atoms with Crippen LogP contribution in [-0.2, 0) is 6.54 Å². The van der Waals surface area contributed by atoms with Gasteiger partial charge in [-0.3, -0.25) is 0 Å². The molecule has 0 saturated heterocycles. The van der Waals surface area contributed by atoms with Crippen LogP contribution in [0.2, 0.25) is 0 Å². The van der Waals surface area contributed by atoms with Crippen molar-refractivity contribution >= 4 is 43.6 Å². The molecule has 0 amide bonds. The maximum Gasteiger partial charge on any atom is 0.0318 e. The Hall–Kier alpha value is -0.290. The van der Waals surface area contributed by atoms with Crippen LogP contribution in [-0.4, -0.2) is 7.05 Å². The first-order chi connectivity index (χ1) is 8.70. The van der Waals surface area contributed by atoms with E-state index >= 15 is 0 Å². The van der Waals surface area contributed by atoms with Gasteiger partial charge in [0.05, 0.1) is 0 Å². The minimum Gasteiger partial charge on any atom is -0.316 e. The van der Waals surface area contributed by atoms with E-state index < -0.39 is 0 Å². The molecule has 0 aliphatic rings. The molecule has 18 heavy (non-hydrogen) atoms. The Labute approximate surface area is 129 Å². The Balaban J connectivity index is 2.22. The van der Waals surface area contributed by atoms with Gasteiger partial charge in [0, 0.05) is 25.3 Å². The molecule has 0 aliphatic carbocycles. The molecular weight excluding hydrogens is 374 g/mol. The van der Waals surface area contributed by atoms with Crippen LogP contribution in [0.4, 0.5) is 0 Å². The Kier molecular flexibility index (Phi) is 5.30. The lowest BCUT2D eigenvalue weighted by molar-refractivity contribution is 0.816. The molecule has 2 aromatic carbocycles. The van der Waals surface area contributed by atoms with E-state index in [-0.39, 0.29) is 0 Å². The quantitative estimate of drug-likeness (QED) is 0.785. The van der Waals surface area contributed by atoms with E-state index in [1.165, 1.54) is 15.4 Å². The summed E-state index contributed by atoms with van der Waals surface area (Å²) < 4.78 is 2.26. The van der Waals surface area contributed by atoms with Gasteiger partial charge >= 0.3 is 0 Å². The molecule has 0 bridgehead atoms. The molecule has 1 nitrogen and oxygen atoms in total. The molecular formula is C14H13Br2NS. The first-order valence-electron chi connectivity index (χ1n) is 5.56. The molecule has 0 aliphatic heterocycles. The molecule has 4 heteroatoms. The van der Waals surface area contributed by atoms with Crippen LogP contribution in [0.3, 0.4) is 0 Å². The fraction of sp³-hybridized carbons (Fsp3) is 0.143. The van der Waals surface area contributed by atoms with Gasteiger partial charge in [-0.1, -0.05) is 30.0 Å². The van der Waals surface area contributed by atoms with Gasteiger partial charge in [0.1, 0.15) is 0 Å². The molecule has 0 saturated carbocycles. The van der Waals surface area contributed by atoms with E-state index in [9.17, 15) is 0 Å². The molecule has 94 valence electrons. The van der Waals surface area contributed by atoms with Crippen LogP contribution in [0.1, 0.15) is 5.56 Å². The molecule has 0 fully saturated rings. The highest BCUT2D eigenvalue weighted by Gasteiger charge is 2.06. The van der Waals surface area contributed by atoms with Crippen molar-refractivity contribution in [1.29, 1.82) is 0 Å². The monoisotopic (exact) mass is 385 g/mol. The second-order valence-electron chi connectivity index (χ2n) is 3.83. The lowest BCUT2D eigenvalue weighted by Gasteiger charge is -2.08. The zero-order valence-electron chi connectivity index (χ0n) is 9.91. The van der Waals surface area contributed by atoms with E-state index in [2.05, 4.69) is 73.6 Å². The SMILES string of the molecule is CNCc1ccc(Sc2ccccc2Br)c(Br)c1. The summed E-state index contributed by atoms with van der Waals surface area (Å²) in [5, 5.41) is 3.15. The zero-order valence-corrected chi connectivity index (χ0v) is 13.9. The van der Waals surface area contributed by atoms with Crippen molar-refractivity contribution in [1.82, 2.24) is 5.32 Å². The van der Waals surface area contributed by atoms with Crippen molar-refractivity contribution in [3.05, 3.63) is 57.0 Å².